The summed E-state index contributed by atoms with van der Waals surface area (Å²) in [6.07, 6.45) is 0.615. The number of carbonyl (C=O) groups excluding carboxylic acids is 2. The van der Waals surface area contributed by atoms with Gasteiger partial charge >= 0.3 is 11.8 Å². The predicted molar refractivity (Wildman–Crippen MR) is 81.9 cm³/mol. The normalized spacial score (nSPS) is 11.4. The maximum Gasteiger partial charge on any atom is 0.309 e. The van der Waals surface area contributed by atoms with Gasteiger partial charge in [-0.2, -0.15) is 0 Å². The van der Waals surface area contributed by atoms with Gasteiger partial charge in [-0.25, -0.2) is 0 Å². The summed E-state index contributed by atoms with van der Waals surface area (Å²) in [4.78, 5) is 24.7. The van der Waals surface area contributed by atoms with Crippen molar-refractivity contribution in [3.05, 3.63) is 42.5 Å². The van der Waals surface area contributed by atoms with Crippen LogP contribution in [0, 0.1) is 0 Å². The summed E-state index contributed by atoms with van der Waals surface area (Å²) in [5, 5.41) is 14.7. The molecule has 0 saturated carbocycles. The molecule has 0 aliphatic rings. The van der Waals surface area contributed by atoms with E-state index < -0.39 is 17.9 Å². The predicted octanol–water partition coefficient (Wildman–Crippen LogP) is 0.204. The van der Waals surface area contributed by atoms with Gasteiger partial charge in [0.05, 0.1) is 6.10 Å². The van der Waals surface area contributed by atoms with Crippen molar-refractivity contribution in [2.45, 2.75) is 6.10 Å². The second kappa shape index (κ2) is 8.06. The van der Waals surface area contributed by atoms with Gasteiger partial charge in [-0.3, -0.25) is 9.59 Å². The van der Waals surface area contributed by atoms with Crippen LogP contribution in [-0.2, 0) is 9.59 Å². The lowest BCUT2D eigenvalue weighted by Gasteiger charge is -2.15. The number of benzene rings is 1. The summed E-state index contributed by atoms with van der Waals surface area (Å²) in [6.45, 7) is 3.63. The van der Waals surface area contributed by atoms with Crippen molar-refractivity contribution >= 4 is 17.5 Å². The molecule has 0 radical (unpaired) electrons. The topological polar surface area (TPSA) is 81.7 Å². The molecule has 0 bridgehead atoms. The molecule has 0 spiro atoms. The second-order valence-electron chi connectivity index (χ2n) is 4.71. The highest BCUT2D eigenvalue weighted by Gasteiger charge is 2.14. The van der Waals surface area contributed by atoms with E-state index in [1.165, 1.54) is 6.08 Å². The first-order valence-electron chi connectivity index (χ1n) is 6.58. The van der Waals surface area contributed by atoms with Crippen LogP contribution in [0.25, 0.3) is 0 Å². The van der Waals surface area contributed by atoms with Gasteiger partial charge in [0.2, 0.25) is 0 Å². The number of carbonyl (C=O) groups is 2. The molecule has 0 saturated heterocycles. The minimum Gasteiger partial charge on any atom is -0.387 e. The average Bonchev–Trinajstić information content (AvgIpc) is 2.49. The fraction of sp³-hybridized carbons (Fsp3) is 0.333. The van der Waals surface area contributed by atoms with E-state index in [0.29, 0.717) is 5.56 Å². The minimum atomic E-state index is -0.864. The first-order valence-corrected chi connectivity index (χ1v) is 6.58. The van der Waals surface area contributed by atoms with Crippen LogP contribution < -0.4 is 15.5 Å². The van der Waals surface area contributed by atoms with Crippen LogP contribution in [0.15, 0.2) is 36.9 Å². The van der Waals surface area contributed by atoms with Crippen LogP contribution in [0.4, 0.5) is 5.69 Å². The summed E-state index contributed by atoms with van der Waals surface area (Å²) in [6, 6.07) is 7.31. The molecule has 0 aliphatic heterocycles. The first-order chi connectivity index (χ1) is 9.95. The number of aliphatic hydroxyl groups excluding tert-OH is 1. The van der Waals surface area contributed by atoms with Crippen LogP contribution in [-0.4, -0.2) is 44.1 Å². The Bertz CT molecular complexity index is 497. The molecule has 1 rings (SSSR count). The Kier molecular flexibility index (Phi) is 6.42. The van der Waals surface area contributed by atoms with E-state index >= 15 is 0 Å². The minimum absolute atomic E-state index is 0.0261. The Labute approximate surface area is 124 Å². The van der Waals surface area contributed by atoms with Gasteiger partial charge in [-0.1, -0.05) is 18.2 Å². The molecule has 0 fully saturated rings. The van der Waals surface area contributed by atoms with Gasteiger partial charge < -0.3 is 20.6 Å². The highest BCUT2D eigenvalue weighted by Crippen LogP contribution is 2.17. The third-order valence-electron chi connectivity index (χ3n) is 2.86. The molecule has 21 heavy (non-hydrogen) atoms. The Morgan fingerprint density at radius 1 is 1.24 bits per heavy atom. The molecule has 0 aromatic heterocycles. The molecule has 0 heterocycles. The summed E-state index contributed by atoms with van der Waals surface area (Å²) in [5.74, 6) is -1.52. The fourth-order valence-electron chi connectivity index (χ4n) is 1.63. The van der Waals surface area contributed by atoms with Crippen molar-refractivity contribution in [2.24, 2.45) is 0 Å². The van der Waals surface area contributed by atoms with Crippen molar-refractivity contribution in [3.63, 3.8) is 0 Å². The lowest BCUT2D eigenvalue weighted by atomic mass is 10.1. The Hall–Kier alpha value is -2.34. The SMILES string of the molecule is C=CCNC(=O)C(=O)NCC(O)c1ccc(N(C)C)cc1. The second-order valence-corrected chi connectivity index (χ2v) is 4.71. The van der Waals surface area contributed by atoms with E-state index in [0.717, 1.165) is 5.69 Å². The lowest BCUT2D eigenvalue weighted by Crippen LogP contribution is -2.41. The van der Waals surface area contributed by atoms with Crippen molar-refractivity contribution < 1.29 is 14.7 Å². The van der Waals surface area contributed by atoms with E-state index in [2.05, 4.69) is 17.2 Å². The molecular formula is C15H21N3O3. The van der Waals surface area contributed by atoms with Crippen LogP contribution in [0.5, 0.6) is 0 Å². The molecule has 1 aromatic carbocycles. The van der Waals surface area contributed by atoms with Crippen LogP contribution in [0.3, 0.4) is 0 Å². The highest BCUT2D eigenvalue weighted by molar-refractivity contribution is 6.35. The number of nitrogens with one attached hydrogen (secondary N) is 2. The Morgan fingerprint density at radius 3 is 2.33 bits per heavy atom. The van der Waals surface area contributed by atoms with Gasteiger partial charge in [-0.15, -0.1) is 6.58 Å². The molecule has 6 heteroatoms. The number of nitrogens with zero attached hydrogens (tertiary/aromatic N) is 1. The number of hydrogen-bond acceptors (Lipinski definition) is 4. The molecule has 114 valence electrons. The summed E-state index contributed by atoms with van der Waals surface area (Å²) >= 11 is 0. The maximum absolute atomic E-state index is 11.5. The number of amides is 2. The third kappa shape index (κ3) is 5.27. The number of aliphatic hydroxyl groups is 1. The average molecular weight is 291 g/mol. The molecule has 6 nitrogen and oxygen atoms in total. The molecule has 1 unspecified atom stereocenters. The van der Waals surface area contributed by atoms with Crippen molar-refractivity contribution in [3.8, 4) is 0 Å². The van der Waals surface area contributed by atoms with E-state index in [-0.39, 0.29) is 13.1 Å². The van der Waals surface area contributed by atoms with Gasteiger partial charge in [0, 0.05) is 32.9 Å². The number of rotatable bonds is 6. The first kappa shape index (κ1) is 16.7. The monoisotopic (exact) mass is 291 g/mol. The summed E-state index contributed by atoms with van der Waals surface area (Å²) < 4.78 is 0. The van der Waals surface area contributed by atoms with E-state index in [1.54, 1.807) is 12.1 Å². The third-order valence-corrected chi connectivity index (χ3v) is 2.86. The van der Waals surface area contributed by atoms with Crippen LogP contribution in [0.1, 0.15) is 11.7 Å². The van der Waals surface area contributed by atoms with Gasteiger partial charge in [-0.05, 0) is 17.7 Å². The van der Waals surface area contributed by atoms with Crippen molar-refractivity contribution in [2.75, 3.05) is 32.1 Å². The maximum atomic E-state index is 11.5. The summed E-state index contributed by atoms with van der Waals surface area (Å²) in [7, 11) is 3.85. The quantitative estimate of drug-likeness (QED) is 0.517. The Morgan fingerprint density at radius 2 is 1.81 bits per heavy atom. The largest absolute Gasteiger partial charge is 0.387 e. The molecule has 2 amide bonds. The molecule has 1 atom stereocenters. The van der Waals surface area contributed by atoms with Crippen LogP contribution in [0.2, 0.25) is 0 Å². The smallest absolute Gasteiger partial charge is 0.309 e. The van der Waals surface area contributed by atoms with E-state index in [1.807, 2.05) is 31.1 Å². The van der Waals surface area contributed by atoms with Crippen molar-refractivity contribution in [1.29, 1.82) is 0 Å². The zero-order valence-corrected chi connectivity index (χ0v) is 12.3. The molecular weight excluding hydrogens is 270 g/mol. The number of hydrogen-bond donors (Lipinski definition) is 3. The zero-order chi connectivity index (χ0) is 15.8. The fourth-order valence-corrected chi connectivity index (χ4v) is 1.63. The molecule has 3 N–H and O–H groups in total. The van der Waals surface area contributed by atoms with Crippen molar-refractivity contribution in [1.82, 2.24) is 10.6 Å². The standard InChI is InChI=1S/C15H21N3O3/c1-4-9-16-14(20)15(21)17-10-13(19)11-5-7-12(8-6-11)18(2)3/h4-8,13,19H,1,9-10H2,2-3H3,(H,16,20)(H,17,21). The Balaban J connectivity index is 2.49. The van der Waals surface area contributed by atoms with E-state index in [9.17, 15) is 14.7 Å². The lowest BCUT2D eigenvalue weighted by molar-refractivity contribution is -0.139. The van der Waals surface area contributed by atoms with E-state index in [4.69, 9.17) is 0 Å². The highest BCUT2D eigenvalue weighted by atomic mass is 16.3. The molecule has 1 aromatic rings. The summed E-state index contributed by atoms with van der Waals surface area (Å²) in [5.41, 5.74) is 1.69. The van der Waals surface area contributed by atoms with Gasteiger partial charge in [0.25, 0.3) is 0 Å². The zero-order valence-electron chi connectivity index (χ0n) is 12.3. The van der Waals surface area contributed by atoms with Crippen LogP contribution >= 0.6 is 0 Å². The van der Waals surface area contributed by atoms with Gasteiger partial charge in [0.1, 0.15) is 0 Å². The molecule has 0 aliphatic carbocycles. The number of anilines is 1. The van der Waals surface area contributed by atoms with Gasteiger partial charge in [0.15, 0.2) is 0 Å².